The third kappa shape index (κ3) is 3.67. The molecule has 0 aromatic carbocycles. The van der Waals surface area contributed by atoms with E-state index in [2.05, 4.69) is 17.2 Å². The predicted molar refractivity (Wildman–Crippen MR) is 74.3 cm³/mol. The Bertz CT molecular complexity index is 476. The fraction of sp³-hybridized carbons (Fsp3) is 0.571. The van der Waals surface area contributed by atoms with Gasteiger partial charge in [0, 0.05) is 37.0 Å². The van der Waals surface area contributed by atoms with Gasteiger partial charge in [0.1, 0.15) is 0 Å². The van der Waals surface area contributed by atoms with Gasteiger partial charge in [0.2, 0.25) is 5.56 Å². The first-order valence-electron chi connectivity index (χ1n) is 6.92. The first-order chi connectivity index (χ1) is 9.20. The number of carbonyl (C=O) groups excluding carboxylic acids is 1. The molecule has 0 unspecified atom stereocenters. The van der Waals surface area contributed by atoms with Gasteiger partial charge in [-0.15, -0.1) is 0 Å². The van der Waals surface area contributed by atoms with E-state index in [1.54, 1.807) is 6.07 Å². The zero-order chi connectivity index (χ0) is 13.7. The lowest BCUT2D eigenvalue weighted by Gasteiger charge is -2.32. The summed E-state index contributed by atoms with van der Waals surface area (Å²) in [4.78, 5) is 27.8. The van der Waals surface area contributed by atoms with E-state index >= 15 is 0 Å². The molecule has 1 aliphatic rings. The first-order valence-corrected chi connectivity index (χ1v) is 6.92. The fourth-order valence-corrected chi connectivity index (χ4v) is 2.40. The monoisotopic (exact) mass is 263 g/mol. The third-order valence-corrected chi connectivity index (χ3v) is 3.49. The first kappa shape index (κ1) is 13.8. The number of hydrogen-bond acceptors (Lipinski definition) is 3. The van der Waals surface area contributed by atoms with Crippen molar-refractivity contribution >= 4 is 5.91 Å². The zero-order valence-electron chi connectivity index (χ0n) is 11.3. The molecule has 0 radical (unpaired) electrons. The predicted octanol–water partition coefficient (Wildman–Crippen LogP) is 0.979. The molecule has 19 heavy (non-hydrogen) atoms. The molecule has 2 heterocycles. The van der Waals surface area contributed by atoms with Crippen LogP contribution in [0.25, 0.3) is 0 Å². The van der Waals surface area contributed by atoms with Crippen LogP contribution in [0.4, 0.5) is 0 Å². The lowest BCUT2D eigenvalue weighted by Crippen LogP contribution is -2.45. The highest BCUT2D eigenvalue weighted by Gasteiger charge is 2.23. The molecule has 5 heteroatoms. The molecular weight excluding hydrogens is 242 g/mol. The fourth-order valence-electron chi connectivity index (χ4n) is 2.40. The van der Waals surface area contributed by atoms with Crippen LogP contribution in [0.15, 0.2) is 23.1 Å². The summed E-state index contributed by atoms with van der Waals surface area (Å²) in [5.74, 6) is -0.0416. The van der Waals surface area contributed by atoms with Crippen molar-refractivity contribution < 1.29 is 4.79 Å². The maximum absolute atomic E-state index is 12.2. The third-order valence-electron chi connectivity index (χ3n) is 3.49. The van der Waals surface area contributed by atoms with Crippen LogP contribution in [-0.4, -0.2) is 41.5 Å². The topological polar surface area (TPSA) is 65.2 Å². The lowest BCUT2D eigenvalue weighted by molar-refractivity contribution is 0.0705. The van der Waals surface area contributed by atoms with Crippen molar-refractivity contribution in [2.24, 2.45) is 0 Å². The summed E-state index contributed by atoms with van der Waals surface area (Å²) >= 11 is 0. The van der Waals surface area contributed by atoms with Crippen LogP contribution in [0.3, 0.4) is 0 Å². The zero-order valence-corrected chi connectivity index (χ0v) is 11.3. The Morgan fingerprint density at radius 1 is 1.47 bits per heavy atom. The van der Waals surface area contributed by atoms with Gasteiger partial charge in [-0.2, -0.15) is 0 Å². The quantitative estimate of drug-likeness (QED) is 0.851. The van der Waals surface area contributed by atoms with Gasteiger partial charge in [-0.05, 0) is 31.9 Å². The standard InChI is InChI=1S/C14H21N3O2/c1-2-6-15-12-4-8-17(9-5-12)14(19)11-3-7-16-13(18)10-11/h3,7,10,12,15H,2,4-6,8-9H2,1H3,(H,16,18). The summed E-state index contributed by atoms with van der Waals surface area (Å²) in [6, 6.07) is 3.54. The van der Waals surface area contributed by atoms with Gasteiger partial charge in [-0.3, -0.25) is 9.59 Å². The van der Waals surface area contributed by atoms with Gasteiger partial charge < -0.3 is 15.2 Å². The summed E-state index contributed by atoms with van der Waals surface area (Å²) in [7, 11) is 0. The molecule has 0 atom stereocenters. The van der Waals surface area contributed by atoms with Crippen molar-refractivity contribution in [3.63, 3.8) is 0 Å². The van der Waals surface area contributed by atoms with E-state index in [1.807, 2.05) is 4.90 Å². The van der Waals surface area contributed by atoms with E-state index in [9.17, 15) is 9.59 Å². The summed E-state index contributed by atoms with van der Waals surface area (Å²) < 4.78 is 0. The van der Waals surface area contributed by atoms with Crippen LogP contribution in [0.2, 0.25) is 0 Å². The lowest BCUT2D eigenvalue weighted by atomic mass is 10.0. The van der Waals surface area contributed by atoms with Gasteiger partial charge in [-0.1, -0.05) is 6.92 Å². The Morgan fingerprint density at radius 3 is 2.84 bits per heavy atom. The second-order valence-electron chi connectivity index (χ2n) is 4.96. The molecule has 0 bridgehead atoms. The average Bonchev–Trinajstić information content (AvgIpc) is 2.45. The van der Waals surface area contributed by atoms with Gasteiger partial charge >= 0.3 is 0 Å². The van der Waals surface area contributed by atoms with Crippen molar-refractivity contribution in [1.29, 1.82) is 0 Å². The Hall–Kier alpha value is -1.62. The summed E-state index contributed by atoms with van der Waals surface area (Å²) in [5, 5.41) is 3.49. The number of amides is 1. The van der Waals surface area contributed by atoms with Crippen molar-refractivity contribution in [3.8, 4) is 0 Å². The Labute approximate surface area is 113 Å². The van der Waals surface area contributed by atoms with Gasteiger partial charge in [0.25, 0.3) is 5.91 Å². The molecule has 0 spiro atoms. The van der Waals surface area contributed by atoms with Gasteiger partial charge in [0.05, 0.1) is 0 Å². The smallest absolute Gasteiger partial charge is 0.254 e. The summed E-state index contributed by atoms with van der Waals surface area (Å²) in [5.41, 5.74) is 0.245. The van der Waals surface area contributed by atoms with Crippen LogP contribution >= 0.6 is 0 Å². The number of nitrogens with one attached hydrogen (secondary N) is 2. The molecule has 2 N–H and O–H groups in total. The minimum atomic E-state index is -0.231. The van der Waals surface area contributed by atoms with E-state index in [0.717, 1.165) is 38.9 Å². The van der Waals surface area contributed by atoms with E-state index in [-0.39, 0.29) is 11.5 Å². The number of nitrogens with zero attached hydrogens (tertiary/aromatic N) is 1. The molecule has 1 fully saturated rings. The molecule has 2 rings (SSSR count). The molecule has 1 aromatic rings. The highest BCUT2D eigenvalue weighted by atomic mass is 16.2. The number of pyridine rings is 1. The average molecular weight is 263 g/mol. The minimum Gasteiger partial charge on any atom is -0.339 e. The minimum absolute atomic E-state index is 0.0416. The highest BCUT2D eigenvalue weighted by Crippen LogP contribution is 2.13. The molecule has 1 amide bonds. The Balaban J connectivity index is 1.91. The maximum Gasteiger partial charge on any atom is 0.254 e. The van der Waals surface area contributed by atoms with E-state index in [1.165, 1.54) is 12.3 Å². The largest absolute Gasteiger partial charge is 0.339 e. The molecule has 5 nitrogen and oxygen atoms in total. The number of likely N-dealkylation sites (tertiary alicyclic amines) is 1. The second kappa shape index (κ2) is 6.52. The van der Waals surface area contributed by atoms with Crippen LogP contribution in [0, 0.1) is 0 Å². The number of H-pyrrole nitrogens is 1. The molecule has 1 aromatic heterocycles. The highest BCUT2D eigenvalue weighted by molar-refractivity contribution is 5.94. The summed E-state index contributed by atoms with van der Waals surface area (Å²) in [6.45, 7) is 4.70. The van der Waals surface area contributed by atoms with E-state index in [4.69, 9.17) is 0 Å². The second-order valence-corrected chi connectivity index (χ2v) is 4.96. The Morgan fingerprint density at radius 2 is 2.21 bits per heavy atom. The van der Waals surface area contributed by atoms with Crippen LogP contribution < -0.4 is 10.9 Å². The molecule has 104 valence electrons. The SMILES string of the molecule is CCCNC1CCN(C(=O)c2cc[nH]c(=O)c2)CC1. The number of aromatic amines is 1. The van der Waals surface area contributed by atoms with Gasteiger partial charge in [0.15, 0.2) is 0 Å². The van der Waals surface area contributed by atoms with Crippen LogP contribution in [-0.2, 0) is 0 Å². The van der Waals surface area contributed by atoms with E-state index < -0.39 is 0 Å². The number of piperidine rings is 1. The normalized spacial score (nSPS) is 16.6. The molecular formula is C14H21N3O2. The summed E-state index contributed by atoms with van der Waals surface area (Å²) in [6.07, 6.45) is 4.61. The van der Waals surface area contributed by atoms with Crippen LogP contribution in [0.5, 0.6) is 0 Å². The number of carbonyl (C=O) groups is 1. The number of hydrogen-bond donors (Lipinski definition) is 2. The number of aromatic nitrogens is 1. The van der Waals surface area contributed by atoms with Crippen LogP contribution in [0.1, 0.15) is 36.5 Å². The van der Waals surface area contributed by atoms with Crippen molar-refractivity contribution in [2.45, 2.75) is 32.2 Å². The van der Waals surface area contributed by atoms with Crippen molar-refractivity contribution in [3.05, 3.63) is 34.2 Å². The van der Waals surface area contributed by atoms with Gasteiger partial charge in [-0.25, -0.2) is 0 Å². The Kier molecular flexibility index (Phi) is 4.74. The molecule has 1 saturated heterocycles. The molecule has 0 saturated carbocycles. The maximum atomic E-state index is 12.2. The van der Waals surface area contributed by atoms with Crippen molar-refractivity contribution in [1.82, 2.24) is 15.2 Å². The van der Waals surface area contributed by atoms with E-state index in [0.29, 0.717) is 11.6 Å². The molecule has 1 aliphatic heterocycles. The molecule has 0 aliphatic carbocycles. The number of rotatable bonds is 4. The van der Waals surface area contributed by atoms with Crippen molar-refractivity contribution in [2.75, 3.05) is 19.6 Å².